The van der Waals surface area contributed by atoms with Gasteiger partial charge in [-0.3, -0.25) is 4.79 Å². The Bertz CT molecular complexity index is 783. The highest BCUT2D eigenvalue weighted by atomic mass is 19.2. The van der Waals surface area contributed by atoms with Gasteiger partial charge in [0.1, 0.15) is 6.54 Å². The number of anilines is 1. The third kappa shape index (κ3) is 6.53. The van der Waals surface area contributed by atoms with Gasteiger partial charge in [-0.05, 0) is 38.8 Å². The Balaban J connectivity index is 1.89. The van der Waals surface area contributed by atoms with Crippen molar-refractivity contribution < 1.29 is 27.5 Å². The summed E-state index contributed by atoms with van der Waals surface area (Å²) in [6.45, 7) is 5.20. The molecule has 1 aromatic carbocycles. The minimum absolute atomic E-state index is 0.0418. The van der Waals surface area contributed by atoms with Crippen molar-refractivity contribution in [3.05, 3.63) is 29.6 Å². The van der Waals surface area contributed by atoms with Crippen LogP contribution in [0.4, 0.5) is 23.7 Å². The number of halogens is 3. The van der Waals surface area contributed by atoms with E-state index in [2.05, 4.69) is 20.9 Å². The minimum Gasteiger partial charge on any atom is -0.450 e. The Morgan fingerprint density at radius 1 is 1.17 bits per heavy atom. The second kappa shape index (κ2) is 11.3. The van der Waals surface area contributed by atoms with Crippen LogP contribution in [0.3, 0.4) is 0 Å². The number of hydrogen-bond acceptors (Lipinski definition) is 4. The first-order valence-corrected chi connectivity index (χ1v) is 9.75. The zero-order valence-electron chi connectivity index (χ0n) is 16.9. The molecule has 0 aromatic heterocycles. The number of piperidine rings is 1. The van der Waals surface area contributed by atoms with Gasteiger partial charge in [0.15, 0.2) is 23.4 Å². The molecule has 0 saturated carbocycles. The van der Waals surface area contributed by atoms with E-state index in [9.17, 15) is 22.8 Å². The number of nitrogens with one attached hydrogen (secondary N) is 3. The summed E-state index contributed by atoms with van der Waals surface area (Å²) in [5, 5.41) is 8.36. The van der Waals surface area contributed by atoms with Crippen molar-refractivity contribution >= 4 is 23.6 Å². The summed E-state index contributed by atoms with van der Waals surface area (Å²) in [6, 6.07) is 1.71. The number of amides is 2. The maximum atomic E-state index is 13.7. The lowest BCUT2D eigenvalue weighted by Crippen LogP contribution is -2.50. The van der Waals surface area contributed by atoms with Crippen LogP contribution in [0.1, 0.15) is 26.7 Å². The highest BCUT2D eigenvalue weighted by Gasteiger charge is 2.24. The number of aliphatic imine (C=N–C) groups is 1. The maximum absolute atomic E-state index is 13.7. The average Bonchev–Trinajstić information content (AvgIpc) is 2.73. The highest BCUT2D eigenvalue weighted by Crippen LogP contribution is 2.19. The standard InChI is InChI=1S/C19H26F3N5O3/c1-3-23-18(25-12-7-9-27(10-8-12)19(29)30-4-2)24-11-15(28)26-14-6-5-13(20)16(21)17(14)22/h5-6,12H,3-4,7-11H2,1-2H3,(H,26,28)(H2,23,24,25). The van der Waals surface area contributed by atoms with Gasteiger partial charge in [0.2, 0.25) is 5.91 Å². The van der Waals surface area contributed by atoms with Gasteiger partial charge < -0.3 is 25.6 Å². The lowest BCUT2D eigenvalue weighted by molar-refractivity contribution is -0.114. The van der Waals surface area contributed by atoms with E-state index in [-0.39, 0.29) is 18.7 Å². The number of guanidine groups is 1. The molecular weight excluding hydrogens is 403 g/mol. The molecule has 0 spiro atoms. The molecule has 3 N–H and O–H groups in total. The number of nitrogens with zero attached hydrogens (tertiary/aromatic N) is 2. The molecule has 30 heavy (non-hydrogen) atoms. The molecule has 2 rings (SSSR count). The van der Waals surface area contributed by atoms with Gasteiger partial charge >= 0.3 is 6.09 Å². The van der Waals surface area contributed by atoms with Gasteiger partial charge in [-0.25, -0.2) is 23.0 Å². The fourth-order valence-electron chi connectivity index (χ4n) is 2.90. The zero-order valence-corrected chi connectivity index (χ0v) is 16.9. The van der Waals surface area contributed by atoms with Crippen LogP contribution in [0.15, 0.2) is 17.1 Å². The fraction of sp³-hybridized carbons (Fsp3) is 0.526. The Morgan fingerprint density at radius 3 is 2.50 bits per heavy atom. The van der Waals surface area contributed by atoms with Crippen LogP contribution in [0.25, 0.3) is 0 Å². The van der Waals surface area contributed by atoms with Crippen LogP contribution in [-0.2, 0) is 9.53 Å². The van der Waals surface area contributed by atoms with E-state index in [1.165, 1.54) is 0 Å². The number of benzene rings is 1. The normalized spacial score (nSPS) is 15.0. The summed E-state index contributed by atoms with van der Waals surface area (Å²) in [6.07, 6.45) is 1.02. The second-order valence-corrected chi connectivity index (χ2v) is 6.57. The van der Waals surface area contributed by atoms with Crippen molar-refractivity contribution in [2.75, 3.05) is 38.1 Å². The molecule has 0 bridgehead atoms. The van der Waals surface area contributed by atoms with E-state index in [4.69, 9.17) is 4.74 Å². The van der Waals surface area contributed by atoms with Crippen LogP contribution in [-0.4, -0.2) is 61.7 Å². The molecule has 1 saturated heterocycles. The van der Waals surface area contributed by atoms with E-state index < -0.39 is 29.0 Å². The molecular formula is C19H26F3N5O3. The van der Waals surface area contributed by atoms with Crippen LogP contribution in [0.2, 0.25) is 0 Å². The number of carbonyl (C=O) groups is 2. The summed E-state index contributed by atoms with van der Waals surface area (Å²) in [5.74, 6) is -4.76. The molecule has 0 atom stereocenters. The zero-order chi connectivity index (χ0) is 22.1. The van der Waals surface area contributed by atoms with E-state index in [0.29, 0.717) is 45.0 Å². The summed E-state index contributed by atoms with van der Waals surface area (Å²) in [4.78, 5) is 29.6. The first kappa shape index (κ1) is 23.3. The maximum Gasteiger partial charge on any atom is 0.409 e. The number of likely N-dealkylation sites (tertiary alicyclic amines) is 1. The number of hydrogen-bond donors (Lipinski definition) is 3. The van der Waals surface area contributed by atoms with E-state index in [1.807, 2.05) is 6.92 Å². The number of carbonyl (C=O) groups excluding carboxylic acids is 2. The SMILES string of the molecule is CCNC(=NCC(=O)Nc1ccc(F)c(F)c1F)NC1CCN(C(=O)OCC)CC1. The summed E-state index contributed by atoms with van der Waals surface area (Å²) >= 11 is 0. The monoisotopic (exact) mass is 429 g/mol. The molecule has 1 aliphatic rings. The van der Waals surface area contributed by atoms with Crippen molar-refractivity contribution in [2.45, 2.75) is 32.7 Å². The smallest absolute Gasteiger partial charge is 0.409 e. The molecule has 1 aromatic rings. The van der Waals surface area contributed by atoms with Crippen molar-refractivity contribution in [1.82, 2.24) is 15.5 Å². The largest absolute Gasteiger partial charge is 0.450 e. The molecule has 0 radical (unpaired) electrons. The van der Waals surface area contributed by atoms with Gasteiger partial charge in [0.05, 0.1) is 12.3 Å². The number of ether oxygens (including phenoxy) is 1. The number of rotatable bonds is 6. The summed E-state index contributed by atoms with van der Waals surface area (Å²) in [7, 11) is 0. The Kier molecular flexibility index (Phi) is 8.75. The fourth-order valence-corrected chi connectivity index (χ4v) is 2.90. The van der Waals surface area contributed by atoms with Crippen LogP contribution >= 0.6 is 0 Å². The highest BCUT2D eigenvalue weighted by molar-refractivity contribution is 5.94. The predicted octanol–water partition coefficient (Wildman–Crippen LogP) is 2.22. The Labute approximate surface area is 172 Å². The van der Waals surface area contributed by atoms with Crippen molar-refractivity contribution in [1.29, 1.82) is 0 Å². The molecule has 166 valence electrons. The van der Waals surface area contributed by atoms with Crippen molar-refractivity contribution in [3.8, 4) is 0 Å². The molecule has 0 aliphatic carbocycles. The molecule has 0 unspecified atom stereocenters. The van der Waals surface area contributed by atoms with E-state index in [0.717, 1.165) is 12.1 Å². The third-order valence-electron chi connectivity index (χ3n) is 4.40. The quantitative estimate of drug-likeness (QED) is 0.366. The summed E-state index contributed by atoms with van der Waals surface area (Å²) in [5.41, 5.74) is -0.460. The van der Waals surface area contributed by atoms with Crippen molar-refractivity contribution in [2.24, 2.45) is 4.99 Å². The predicted molar refractivity (Wildman–Crippen MR) is 106 cm³/mol. The first-order valence-electron chi connectivity index (χ1n) is 9.75. The first-order chi connectivity index (χ1) is 14.3. The van der Waals surface area contributed by atoms with Gasteiger partial charge in [-0.2, -0.15) is 0 Å². The lowest BCUT2D eigenvalue weighted by Gasteiger charge is -2.32. The van der Waals surface area contributed by atoms with Gasteiger partial charge in [0.25, 0.3) is 0 Å². The molecule has 8 nitrogen and oxygen atoms in total. The Morgan fingerprint density at radius 2 is 1.87 bits per heavy atom. The molecule has 2 amide bonds. The molecule has 1 fully saturated rings. The molecule has 1 heterocycles. The third-order valence-corrected chi connectivity index (χ3v) is 4.40. The van der Waals surface area contributed by atoms with Crippen LogP contribution in [0, 0.1) is 17.5 Å². The van der Waals surface area contributed by atoms with Gasteiger partial charge in [-0.15, -0.1) is 0 Å². The Hall–Kier alpha value is -2.98. The minimum atomic E-state index is -1.65. The van der Waals surface area contributed by atoms with Gasteiger partial charge in [-0.1, -0.05) is 0 Å². The van der Waals surface area contributed by atoms with Crippen LogP contribution in [0.5, 0.6) is 0 Å². The molecule has 1 aliphatic heterocycles. The van der Waals surface area contributed by atoms with E-state index in [1.54, 1.807) is 11.8 Å². The molecule has 11 heteroatoms. The average molecular weight is 429 g/mol. The van der Waals surface area contributed by atoms with E-state index >= 15 is 0 Å². The lowest BCUT2D eigenvalue weighted by atomic mass is 10.1. The van der Waals surface area contributed by atoms with Crippen molar-refractivity contribution in [3.63, 3.8) is 0 Å². The topological polar surface area (TPSA) is 95.1 Å². The second-order valence-electron chi connectivity index (χ2n) is 6.57. The van der Waals surface area contributed by atoms with Gasteiger partial charge in [0, 0.05) is 25.7 Å². The van der Waals surface area contributed by atoms with Crippen LogP contribution < -0.4 is 16.0 Å². The summed E-state index contributed by atoms with van der Waals surface area (Å²) < 4.78 is 44.9.